The van der Waals surface area contributed by atoms with Gasteiger partial charge >= 0.3 is 0 Å². The number of nitrogens with one attached hydrogen (secondary N) is 1. The van der Waals surface area contributed by atoms with Crippen molar-refractivity contribution < 1.29 is 0 Å². The zero-order valence-electron chi connectivity index (χ0n) is 15.0. The molecule has 0 bridgehead atoms. The topological polar surface area (TPSA) is 119 Å². The molecule has 0 aliphatic rings. The number of nitrogens with two attached hydrogens (primary N) is 2. The highest BCUT2D eigenvalue weighted by Crippen LogP contribution is 2.32. The van der Waals surface area contributed by atoms with Crippen LogP contribution in [0.3, 0.4) is 0 Å². The number of H-pyrrole nitrogens is 1. The fourth-order valence-corrected chi connectivity index (χ4v) is 3.02. The number of benzene rings is 1. The smallest absolute Gasteiger partial charge is 0.191 e. The minimum Gasteiger partial charge on any atom is -0.397 e. The van der Waals surface area contributed by atoms with Crippen molar-refractivity contribution in [3.8, 4) is 16.9 Å². The highest BCUT2D eigenvalue weighted by Gasteiger charge is 2.15. The highest BCUT2D eigenvalue weighted by atomic mass is 16.1. The van der Waals surface area contributed by atoms with Crippen LogP contribution in [0.1, 0.15) is 5.69 Å². The van der Waals surface area contributed by atoms with Crippen LogP contribution in [0.5, 0.6) is 0 Å². The second-order valence-electron chi connectivity index (χ2n) is 6.38. The number of hydrazine groups is 1. The van der Waals surface area contributed by atoms with Gasteiger partial charge in [-0.1, -0.05) is 6.07 Å². The summed E-state index contributed by atoms with van der Waals surface area (Å²) >= 11 is 0. The van der Waals surface area contributed by atoms with E-state index in [-0.39, 0.29) is 5.43 Å². The van der Waals surface area contributed by atoms with E-state index in [0.717, 1.165) is 16.8 Å². The Bertz CT molecular complexity index is 1210. The summed E-state index contributed by atoms with van der Waals surface area (Å²) in [5, 5.41) is 6.43. The molecule has 27 heavy (non-hydrogen) atoms. The number of pyridine rings is 2. The Hall–Kier alpha value is -3.65. The van der Waals surface area contributed by atoms with E-state index in [9.17, 15) is 4.79 Å². The summed E-state index contributed by atoms with van der Waals surface area (Å²) in [5.74, 6) is 6.50. The standard InChI is InChI=1S/C19H19N7O/c1-11-6-8-26(24-11)19-13(10-14-17(27)5-7-22-18(14)23-19)12-3-4-15(20)16(9-12)25(2)21/h3-10H,20-21H2,1-2H3,(H,22,23,27). The third kappa shape index (κ3) is 2.91. The first-order valence-corrected chi connectivity index (χ1v) is 8.37. The summed E-state index contributed by atoms with van der Waals surface area (Å²) in [6.45, 7) is 1.91. The second kappa shape index (κ2) is 6.26. The van der Waals surface area contributed by atoms with Crippen LogP contribution in [0, 0.1) is 6.92 Å². The summed E-state index contributed by atoms with van der Waals surface area (Å²) in [7, 11) is 1.72. The molecular weight excluding hydrogens is 342 g/mol. The Morgan fingerprint density at radius 2 is 2.00 bits per heavy atom. The van der Waals surface area contributed by atoms with Gasteiger partial charge in [0.15, 0.2) is 11.2 Å². The van der Waals surface area contributed by atoms with Gasteiger partial charge in [-0.2, -0.15) is 5.10 Å². The van der Waals surface area contributed by atoms with Gasteiger partial charge in [0, 0.05) is 31.1 Å². The van der Waals surface area contributed by atoms with Crippen LogP contribution in [-0.4, -0.2) is 26.8 Å². The van der Waals surface area contributed by atoms with Crippen LogP contribution >= 0.6 is 0 Å². The van der Waals surface area contributed by atoms with Crippen LogP contribution in [-0.2, 0) is 0 Å². The molecule has 0 amide bonds. The Morgan fingerprint density at radius 3 is 2.70 bits per heavy atom. The number of aromatic amines is 1. The van der Waals surface area contributed by atoms with Gasteiger partial charge in [0.2, 0.25) is 0 Å². The minimum absolute atomic E-state index is 0.104. The van der Waals surface area contributed by atoms with E-state index in [1.165, 1.54) is 11.1 Å². The monoisotopic (exact) mass is 361 g/mol. The normalized spacial score (nSPS) is 11.1. The lowest BCUT2D eigenvalue weighted by Crippen LogP contribution is -2.26. The van der Waals surface area contributed by atoms with Gasteiger partial charge in [-0.25, -0.2) is 15.5 Å². The summed E-state index contributed by atoms with van der Waals surface area (Å²) < 4.78 is 1.69. The first kappa shape index (κ1) is 16.8. The number of hydrogen-bond donors (Lipinski definition) is 3. The molecule has 0 radical (unpaired) electrons. The van der Waals surface area contributed by atoms with Crippen molar-refractivity contribution in [2.24, 2.45) is 5.84 Å². The molecule has 3 aromatic heterocycles. The van der Waals surface area contributed by atoms with Crippen molar-refractivity contribution in [2.45, 2.75) is 6.92 Å². The number of anilines is 2. The van der Waals surface area contributed by atoms with Gasteiger partial charge in [-0.3, -0.25) is 4.79 Å². The summed E-state index contributed by atoms with van der Waals surface area (Å²) in [6, 6.07) is 10.7. The van der Waals surface area contributed by atoms with E-state index >= 15 is 0 Å². The lowest BCUT2D eigenvalue weighted by molar-refractivity contribution is 0.837. The van der Waals surface area contributed by atoms with Crippen LogP contribution < -0.4 is 22.0 Å². The molecule has 1 aromatic carbocycles. The lowest BCUT2D eigenvalue weighted by Gasteiger charge is -2.17. The molecule has 0 aliphatic heterocycles. The molecule has 0 fully saturated rings. The Labute approximate surface area is 155 Å². The average Bonchev–Trinajstić information content (AvgIpc) is 3.08. The molecule has 0 unspecified atom stereocenters. The molecule has 4 aromatic rings. The molecule has 136 valence electrons. The number of rotatable bonds is 3. The Kier molecular flexibility index (Phi) is 3.89. The van der Waals surface area contributed by atoms with Crippen molar-refractivity contribution in [2.75, 3.05) is 17.8 Å². The quantitative estimate of drug-likeness (QED) is 0.292. The van der Waals surface area contributed by atoms with Gasteiger partial charge in [0.1, 0.15) is 5.65 Å². The maximum atomic E-state index is 12.3. The lowest BCUT2D eigenvalue weighted by atomic mass is 10.0. The first-order valence-electron chi connectivity index (χ1n) is 8.37. The fraction of sp³-hybridized carbons (Fsp3) is 0.105. The fourth-order valence-electron chi connectivity index (χ4n) is 3.02. The van der Waals surface area contributed by atoms with Gasteiger partial charge in [-0.05, 0) is 36.8 Å². The van der Waals surface area contributed by atoms with Crippen LogP contribution in [0.4, 0.5) is 11.4 Å². The summed E-state index contributed by atoms with van der Waals surface area (Å²) in [4.78, 5) is 20.0. The van der Waals surface area contributed by atoms with Crippen molar-refractivity contribution in [3.63, 3.8) is 0 Å². The van der Waals surface area contributed by atoms with E-state index in [4.69, 9.17) is 11.6 Å². The third-order valence-corrected chi connectivity index (χ3v) is 4.38. The number of nitrogens with zero attached hydrogens (tertiary/aromatic N) is 4. The Balaban J connectivity index is 2.05. The molecular formula is C19H19N7O. The van der Waals surface area contributed by atoms with Crippen molar-refractivity contribution in [1.29, 1.82) is 0 Å². The van der Waals surface area contributed by atoms with E-state index in [0.29, 0.717) is 28.2 Å². The van der Waals surface area contributed by atoms with Gasteiger partial charge in [0.25, 0.3) is 0 Å². The van der Waals surface area contributed by atoms with Gasteiger partial charge in [-0.15, -0.1) is 0 Å². The van der Waals surface area contributed by atoms with Crippen LogP contribution in [0.2, 0.25) is 0 Å². The van der Waals surface area contributed by atoms with E-state index in [1.807, 2.05) is 37.4 Å². The van der Waals surface area contributed by atoms with Crippen molar-refractivity contribution >= 4 is 22.4 Å². The SMILES string of the molecule is Cc1ccn(-c2nc3[nH]ccc(=O)c3cc2-c2ccc(N)c(N(C)N)c2)n1. The maximum absolute atomic E-state index is 12.3. The third-order valence-electron chi connectivity index (χ3n) is 4.38. The molecule has 0 saturated heterocycles. The minimum atomic E-state index is -0.104. The predicted molar refractivity (Wildman–Crippen MR) is 107 cm³/mol. The van der Waals surface area contributed by atoms with Crippen LogP contribution in [0.25, 0.3) is 28.0 Å². The number of nitrogen functional groups attached to an aromatic ring is 1. The van der Waals surface area contributed by atoms with Crippen molar-refractivity contribution in [3.05, 3.63) is 64.7 Å². The molecule has 3 heterocycles. The van der Waals surface area contributed by atoms with E-state index in [2.05, 4.69) is 15.1 Å². The molecule has 5 N–H and O–H groups in total. The number of hydrogen-bond acceptors (Lipinski definition) is 6. The molecule has 0 aliphatic carbocycles. The summed E-state index contributed by atoms with van der Waals surface area (Å²) in [5.41, 5.74) is 10.1. The zero-order valence-corrected chi connectivity index (χ0v) is 15.0. The molecule has 0 saturated carbocycles. The number of aryl methyl sites for hydroxylation is 1. The van der Waals surface area contributed by atoms with Gasteiger partial charge in [0.05, 0.1) is 22.5 Å². The first-order chi connectivity index (χ1) is 12.9. The Morgan fingerprint density at radius 1 is 1.19 bits per heavy atom. The second-order valence-corrected chi connectivity index (χ2v) is 6.38. The largest absolute Gasteiger partial charge is 0.397 e. The summed E-state index contributed by atoms with van der Waals surface area (Å²) in [6.07, 6.45) is 3.42. The molecule has 4 rings (SSSR count). The van der Waals surface area contributed by atoms with Crippen LogP contribution in [0.15, 0.2) is 53.6 Å². The number of fused-ring (bicyclic) bond motifs is 1. The van der Waals surface area contributed by atoms with Crippen molar-refractivity contribution in [1.82, 2.24) is 19.7 Å². The zero-order chi connectivity index (χ0) is 19.1. The molecule has 8 nitrogen and oxygen atoms in total. The average molecular weight is 361 g/mol. The van der Waals surface area contributed by atoms with E-state index in [1.54, 1.807) is 24.0 Å². The molecule has 0 atom stereocenters. The maximum Gasteiger partial charge on any atom is 0.191 e. The molecule has 8 heteroatoms. The predicted octanol–water partition coefficient (Wildman–Crippen LogP) is 1.98. The van der Waals surface area contributed by atoms with Gasteiger partial charge < -0.3 is 15.7 Å². The highest BCUT2D eigenvalue weighted by molar-refractivity contribution is 5.87. The van der Waals surface area contributed by atoms with E-state index < -0.39 is 0 Å². The number of aromatic nitrogens is 4. The molecule has 0 spiro atoms.